The Labute approximate surface area is 393 Å². The normalized spacial score (nSPS) is 41.1. The molecule has 1 saturated carbocycles. The molecule has 66 heavy (non-hydrogen) atoms. The second-order valence-electron chi connectivity index (χ2n) is 20.2. The molecule has 1 amide bonds. The lowest BCUT2D eigenvalue weighted by Crippen LogP contribution is -2.64. The van der Waals surface area contributed by atoms with Crippen molar-refractivity contribution in [3.05, 3.63) is 47.6 Å². The Kier molecular flexibility index (Phi) is 20.7. The number of carbonyl (C=O) groups excluding carboxylic acids is 5. The number of allylic oxidation sites excluding steroid dienone is 6. The first-order valence-electron chi connectivity index (χ1n) is 24.3. The Morgan fingerprint density at radius 3 is 2.24 bits per heavy atom. The van der Waals surface area contributed by atoms with Crippen molar-refractivity contribution in [2.45, 2.75) is 186 Å². The van der Waals surface area contributed by atoms with Gasteiger partial charge in [-0.05, 0) is 114 Å². The molecule has 3 heterocycles. The van der Waals surface area contributed by atoms with Crippen LogP contribution in [-0.2, 0) is 47.7 Å². The number of fused-ring (bicyclic) bond motifs is 3. The number of rotatable bonds is 6. The maximum Gasteiger partial charge on any atom is 0.332 e. The summed E-state index contributed by atoms with van der Waals surface area (Å²) in [6, 6.07) is 0. The van der Waals surface area contributed by atoms with Gasteiger partial charge in [-0.3, -0.25) is 19.2 Å². The van der Waals surface area contributed by atoms with Crippen LogP contribution in [0.3, 0.4) is 0 Å². The molecule has 0 aromatic rings. The van der Waals surface area contributed by atoms with Crippen LogP contribution in [0.5, 0.6) is 0 Å². The van der Waals surface area contributed by atoms with Gasteiger partial charge in [0.15, 0.2) is 5.78 Å². The zero-order chi connectivity index (χ0) is 49.1. The molecule has 3 aliphatic heterocycles. The van der Waals surface area contributed by atoms with E-state index in [4.69, 9.17) is 23.7 Å². The van der Waals surface area contributed by atoms with Crippen LogP contribution in [0.15, 0.2) is 47.6 Å². The number of piperidine rings is 1. The molecule has 1 unspecified atom stereocenters. The molecule has 15 atom stereocenters. The molecule has 0 aromatic heterocycles. The van der Waals surface area contributed by atoms with E-state index in [1.807, 2.05) is 58.1 Å². The van der Waals surface area contributed by atoms with Crippen LogP contribution >= 0.6 is 0 Å². The molecule has 372 valence electrons. The second kappa shape index (κ2) is 24.8. The number of nitrogens with zero attached hydrogens (tertiary/aromatic N) is 1. The molecule has 3 N–H and O–H groups in total. The van der Waals surface area contributed by atoms with Crippen LogP contribution in [0, 0.1) is 35.5 Å². The standard InChI is InChI=1S/C52H81NO13/c1-31-17-13-12-14-18-32(2)42(62-9)29-39-21-19-37(7)52(61,66-39)48(58)49(59)53-24-16-15-23-51(53,8)50(60)65-43(34(4)27-38-20-22-40(54)44(28-38)63-10)30-41(55)33(3)26-36(6)46(57)47(64-11)45(56)35(5)25-31/h12-14,17-18,26,31,33-35,37-40,42-44,46-47,54,57,61H,15-16,19-25,27-30H2,1-11H3/b14-12+,17-13-,32-18+,36-26+/t31-,33-,34-,35-,37-,38+,39+,40-,42+,43+,44-,46-,47+,51?,52-/m1/s1. The number of Topliss-reactive ketones (excluding diaryl/α,β-unsaturated/α-hetero) is 3. The van der Waals surface area contributed by atoms with Gasteiger partial charge in [0.1, 0.15) is 29.6 Å². The molecule has 2 saturated heterocycles. The van der Waals surface area contributed by atoms with E-state index in [1.165, 1.54) is 12.0 Å². The molecular formula is C52H81NO13. The van der Waals surface area contributed by atoms with E-state index in [1.54, 1.807) is 48.0 Å². The number of aliphatic hydroxyl groups is 3. The van der Waals surface area contributed by atoms with Crippen molar-refractivity contribution >= 4 is 29.2 Å². The number of amides is 1. The molecular weight excluding hydrogens is 847 g/mol. The van der Waals surface area contributed by atoms with Crippen LogP contribution < -0.4 is 0 Å². The van der Waals surface area contributed by atoms with Crippen LogP contribution in [0.1, 0.15) is 132 Å². The fourth-order valence-electron chi connectivity index (χ4n) is 10.4. The Morgan fingerprint density at radius 1 is 0.864 bits per heavy atom. The van der Waals surface area contributed by atoms with Gasteiger partial charge in [-0.1, -0.05) is 71.1 Å². The first kappa shape index (κ1) is 55.2. The fourth-order valence-corrected chi connectivity index (χ4v) is 10.4. The maximum absolute atomic E-state index is 14.7. The topological polar surface area (TPSA) is 195 Å². The Bertz CT molecular complexity index is 1810. The largest absolute Gasteiger partial charge is 0.460 e. The third-order valence-electron chi connectivity index (χ3n) is 15.0. The molecule has 1 aliphatic carbocycles. The quantitative estimate of drug-likeness (QED) is 0.147. The Hall–Kier alpha value is -3.37. The summed E-state index contributed by atoms with van der Waals surface area (Å²) in [4.78, 5) is 72.6. The second-order valence-corrected chi connectivity index (χ2v) is 20.2. The van der Waals surface area contributed by atoms with Crippen molar-refractivity contribution in [1.29, 1.82) is 0 Å². The van der Waals surface area contributed by atoms with E-state index in [0.29, 0.717) is 63.4 Å². The SMILES string of the molecule is CO[C@H]1C[C@@H]2CC[C@@H](C)[C@@](O)(O2)C(=O)C(=O)N2CCCCC2(C)C(=O)O[C@H]([C@H](C)C[C@@H]2CC[C@@H](O)[C@H](OC)C2)CC(=O)[C@H](C)/C=C(\C)[C@@H](O)[C@@H](OC)C(=O)[C@H](C)C[C@H](C)\C=C/C=C/C=C/1C. The number of ether oxygens (including phenoxy) is 5. The summed E-state index contributed by atoms with van der Waals surface area (Å²) in [5.74, 6) is -8.07. The molecule has 4 aliphatic rings. The first-order chi connectivity index (χ1) is 31.1. The van der Waals surface area contributed by atoms with Gasteiger partial charge in [0.05, 0.1) is 24.4 Å². The van der Waals surface area contributed by atoms with Gasteiger partial charge in [0.25, 0.3) is 11.7 Å². The van der Waals surface area contributed by atoms with Crippen molar-refractivity contribution < 1.29 is 63.0 Å². The van der Waals surface area contributed by atoms with Gasteiger partial charge < -0.3 is 43.9 Å². The van der Waals surface area contributed by atoms with Crippen LogP contribution in [0.4, 0.5) is 0 Å². The lowest BCUT2D eigenvalue weighted by molar-refractivity contribution is -0.266. The molecule has 14 nitrogen and oxygen atoms in total. The highest BCUT2D eigenvalue weighted by molar-refractivity contribution is 6.39. The van der Waals surface area contributed by atoms with E-state index in [0.717, 1.165) is 12.0 Å². The maximum atomic E-state index is 14.7. The number of aliphatic hydroxyl groups excluding tert-OH is 2. The van der Waals surface area contributed by atoms with E-state index >= 15 is 0 Å². The minimum atomic E-state index is -2.45. The lowest BCUT2D eigenvalue weighted by Gasteiger charge is -2.46. The highest BCUT2D eigenvalue weighted by Crippen LogP contribution is 2.39. The van der Waals surface area contributed by atoms with E-state index in [9.17, 15) is 39.3 Å². The van der Waals surface area contributed by atoms with Gasteiger partial charge in [-0.2, -0.15) is 0 Å². The zero-order valence-electron chi connectivity index (χ0n) is 41.5. The molecule has 0 aromatic carbocycles. The number of hydrogen-bond acceptors (Lipinski definition) is 13. The number of hydrogen-bond donors (Lipinski definition) is 3. The summed E-state index contributed by atoms with van der Waals surface area (Å²) in [6.07, 6.45) is 11.0. The average Bonchev–Trinajstić information content (AvgIpc) is 3.28. The summed E-state index contributed by atoms with van der Waals surface area (Å²) in [5, 5.41) is 34.0. The summed E-state index contributed by atoms with van der Waals surface area (Å²) in [7, 11) is 4.52. The summed E-state index contributed by atoms with van der Waals surface area (Å²) in [6.45, 7) is 14.3. The van der Waals surface area contributed by atoms with E-state index in [2.05, 4.69) is 0 Å². The number of cyclic esters (lactones) is 1. The summed E-state index contributed by atoms with van der Waals surface area (Å²) < 4.78 is 29.5. The van der Waals surface area contributed by atoms with Crippen LogP contribution in [0.25, 0.3) is 0 Å². The highest BCUT2D eigenvalue weighted by Gasteiger charge is 2.55. The van der Waals surface area contributed by atoms with Crippen LogP contribution in [0.2, 0.25) is 0 Å². The average molecular weight is 928 g/mol. The fraction of sp³-hybridized carbons (Fsp3) is 0.750. The number of methoxy groups -OCH3 is 3. The minimum Gasteiger partial charge on any atom is -0.460 e. The molecule has 14 heteroatoms. The smallest absolute Gasteiger partial charge is 0.332 e. The molecule has 3 fully saturated rings. The van der Waals surface area contributed by atoms with Crippen molar-refractivity contribution in [3.63, 3.8) is 0 Å². The summed E-state index contributed by atoms with van der Waals surface area (Å²) in [5.41, 5.74) is -0.343. The lowest BCUT2D eigenvalue weighted by atomic mass is 9.78. The van der Waals surface area contributed by atoms with Gasteiger partial charge in [0, 0.05) is 58.5 Å². The van der Waals surface area contributed by atoms with E-state index < -0.39 is 83.4 Å². The van der Waals surface area contributed by atoms with Gasteiger partial charge in [-0.25, -0.2) is 4.79 Å². The van der Waals surface area contributed by atoms with Gasteiger partial charge in [0.2, 0.25) is 5.79 Å². The van der Waals surface area contributed by atoms with Gasteiger partial charge >= 0.3 is 5.97 Å². The number of esters is 1. The third kappa shape index (κ3) is 13.7. The molecule has 0 spiro atoms. The monoisotopic (exact) mass is 928 g/mol. The van der Waals surface area contributed by atoms with Crippen molar-refractivity contribution in [2.75, 3.05) is 27.9 Å². The summed E-state index contributed by atoms with van der Waals surface area (Å²) >= 11 is 0. The molecule has 0 radical (unpaired) electrons. The molecule has 2 bridgehead atoms. The highest BCUT2D eigenvalue weighted by atomic mass is 16.6. The first-order valence-corrected chi connectivity index (χ1v) is 24.3. The van der Waals surface area contributed by atoms with Crippen LogP contribution in [-0.4, -0.2) is 131 Å². The number of ketones is 3. The van der Waals surface area contributed by atoms with E-state index in [-0.39, 0.29) is 54.8 Å². The van der Waals surface area contributed by atoms with Crippen molar-refractivity contribution in [2.24, 2.45) is 35.5 Å². The Balaban J connectivity index is 1.73. The minimum absolute atomic E-state index is 0.0171. The van der Waals surface area contributed by atoms with Crippen molar-refractivity contribution in [1.82, 2.24) is 4.90 Å². The Morgan fingerprint density at radius 2 is 1.58 bits per heavy atom. The third-order valence-corrected chi connectivity index (χ3v) is 15.0. The number of carbonyl (C=O) groups is 5. The van der Waals surface area contributed by atoms with Gasteiger partial charge in [-0.15, -0.1) is 0 Å². The predicted octanol–water partition coefficient (Wildman–Crippen LogP) is 6.57. The predicted molar refractivity (Wildman–Crippen MR) is 250 cm³/mol. The van der Waals surface area contributed by atoms with Crippen molar-refractivity contribution in [3.8, 4) is 0 Å². The zero-order valence-corrected chi connectivity index (χ0v) is 41.5. The molecule has 4 rings (SSSR count).